The zero-order valence-electron chi connectivity index (χ0n) is 21.1. The van der Waals surface area contributed by atoms with Crippen LogP contribution in [-0.2, 0) is 0 Å². The first-order valence-electron chi connectivity index (χ1n) is 11.8. The zero-order valence-corrected chi connectivity index (χ0v) is 21.1. The van der Waals surface area contributed by atoms with E-state index >= 15 is 0 Å². The van der Waals surface area contributed by atoms with E-state index in [1.54, 1.807) is 6.20 Å². The smallest absolute Gasteiger partial charge is 0.0745 e. The highest BCUT2D eigenvalue weighted by Crippen LogP contribution is 2.35. The van der Waals surface area contributed by atoms with Crippen LogP contribution in [0.5, 0.6) is 0 Å². The van der Waals surface area contributed by atoms with Gasteiger partial charge in [0.25, 0.3) is 0 Å². The second kappa shape index (κ2) is 10.9. The Morgan fingerprint density at radius 2 is 2.09 bits per heavy atom. The average molecular weight is 456 g/mol. The molecule has 0 saturated carbocycles. The number of aromatic nitrogens is 2. The Balaban J connectivity index is 1.98. The highest BCUT2D eigenvalue weighted by molar-refractivity contribution is 5.81. The van der Waals surface area contributed by atoms with Crippen molar-refractivity contribution < 1.29 is 0 Å². The minimum absolute atomic E-state index is 0.140. The fourth-order valence-electron chi connectivity index (χ4n) is 4.69. The lowest BCUT2D eigenvalue weighted by Crippen LogP contribution is -2.25. The molecule has 0 spiro atoms. The van der Waals surface area contributed by atoms with Crippen LogP contribution in [0.4, 0.5) is 0 Å². The lowest BCUT2D eigenvalue weighted by atomic mass is 9.93. The molecule has 0 aromatic carbocycles. The van der Waals surface area contributed by atoms with Crippen LogP contribution < -0.4 is 16.0 Å². The van der Waals surface area contributed by atoms with Crippen LogP contribution >= 0.6 is 0 Å². The van der Waals surface area contributed by atoms with E-state index in [4.69, 9.17) is 5.10 Å². The van der Waals surface area contributed by atoms with E-state index in [0.29, 0.717) is 6.54 Å². The number of hydrogen-bond donors (Lipinski definition) is 3. The van der Waals surface area contributed by atoms with Crippen molar-refractivity contribution in [3.8, 4) is 0 Å². The van der Waals surface area contributed by atoms with Gasteiger partial charge >= 0.3 is 0 Å². The van der Waals surface area contributed by atoms with Crippen molar-refractivity contribution >= 4 is 11.2 Å². The molecular weight excluding hydrogens is 418 g/mol. The van der Waals surface area contributed by atoms with Crippen LogP contribution in [0.2, 0.25) is 0 Å². The molecule has 0 amide bonds. The summed E-state index contributed by atoms with van der Waals surface area (Å²) in [6, 6.07) is 4.08. The third-order valence-electron chi connectivity index (χ3n) is 6.38. The van der Waals surface area contributed by atoms with Crippen LogP contribution in [0, 0.1) is 6.92 Å². The molecule has 0 radical (unpaired) electrons. The SMILES string of the molecule is C=CN/C=C\C(=C/C)C(C)c1c(C)c(C(=C)NCC2=C(CC)C=C(C)NC2=C)c2cccnn12. The molecule has 178 valence electrons. The number of nitrogens with zero attached hydrogens (tertiary/aromatic N) is 2. The topological polar surface area (TPSA) is 53.4 Å². The molecule has 0 bridgehead atoms. The summed E-state index contributed by atoms with van der Waals surface area (Å²) in [5.74, 6) is 0.140. The first kappa shape index (κ1) is 24.9. The Bertz CT molecular complexity index is 1230. The van der Waals surface area contributed by atoms with Gasteiger partial charge in [0.05, 0.1) is 11.2 Å². The van der Waals surface area contributed by atoms with Crippen LogP contribution in [0.1, 0.15) is 56.9 Å². The minimum atomic E-state index is 0.140. The second-order valence-electron chi connectivity index (χ2n) is 8.54. The maximum atomic E-state index is 4.70. The number of fused-ring (bicyclic) bond motifs is 1. The lowest BCUT2D eigenvalue weighted by molar-refractivity contribution is 0.780. The van der Waals surface area contributed by atoms with Crippen molar-refractivity contribution in [1.29, 1.82) is 0 Å². The quantitative estimate of drug-likeness (QED) is 0.372. The van der Waals surface area contributed by atoms with Crippen molar-refractivity contribution in [3.63, 3.8) is 0 Å². The van der Waals surface area contributed by atoms with Gasteiger partial charge in [-0.25, -0.2) is 4.52 Å². The largest absolute Gasteiger partial charge is 0.381 e. The van der Waals surface area contributed by atoms with E-state index in [0.717, 1.165) is 40.3 Å². The van der Waals surface area contributed by atoms with Gasteiger partial charge in [-0.1, -0.05) is 39.7 Å². The summed E-state index contributed by atoms with van der Waals surface area (Å²) in [5, 5.41) is 14.7. The van der Waals surface area contributed by atoms with Gasteiger partial charge in [-0.2, -0.15) is 5.10 Å². The van der Waals surface area contributed by atoms with Crippen molar-refractivity contribution in [3.05, 3.63) is 114 Å². The molecule has 1 unspecified atom stereocenters. The molecule has 0 fully saturated rings. The summed E-state index contributed by atoms with van der Waals surface area (Å²) in [7, 11) is 0. The highest BCUT2D eigenvalue weighted by atomic mass is 15.2. The van der Waals surface area contributed by atoms with E-state index in [1.807, 2.05) is 23.0 Å². The van der Waals surface area contributed by atoms with Crippen molar-refractivity contribution in [2.75, 3.05) is 6.54 Å². The fraction of sp³-hybridized carbons (Fsp3) is 0.276. The monoisotopic (exact) mass is 455 g/mol. The third-order valence-corrected chi connectivity index (χ3v) is 6.38. The molecule has 1 aliphatic heterocycles. The molecule has 3 heterocycles. The molecule has 0 aliphatic carbocycles. The van der Waals surface area contributed by atoms with Gasteiger partial charge in [0.15, 0.2) is 0 Å². The molecule has 3 N–H and O–H groups in total. The van der Waals surface area contributed by atoms with Gasteiger partial charge in [0.1, 0.15) is 0 Å². The lowest BCUT2D eigenvalue weighted by Gasteiger charge is -2.23. The van der Waals surface area contributed by atoms with Crippen LogP contribution in [0.3, 0.4) is 0 Å². The molecule has 2 aromatic rings. The maximum Gasteiger partial charge on any atom is 0.0745 e. The first-order valence-corrected chi connectivity index (χ1v) is 11.8. The fourth-order valence-corrected chi connectivity index (χ4v) is 4.69. The number of dihydropyridines is 1. The number of rotatable bonds is 10. The van der Waals surface area contributed by atoms with Crippen LogP contribution in [-0.4, -0.2) is 16.2 Å². The summed E-state index contributed by atoms with van der Waals surface area (Å²) in [6.07, 6.45) is 12.8. The predicted octanol–water partition coefficient (Wildman–Crippen LogP) is 6.23. The van der Waals surface area contributed by atoms with Gasteiger partial charge in [-0.3, -0.25) is 0 Å². The summed E-state index contributed by atoms with van der Waals surface area (Å²) in [6.45, 7) is 23.7. The van der Waals surface area contributed by atoms with Gasteiger partial charge < -0.3 is 16.0 Å². The van der Waals surface area contributed by atoms with Crippen molar-refractivity contribution in [2.45, 2.75) is 47.0 Å². The minimum Gasteiger partial charge on any atom is -0.381 e. The van der Waals surface area contributed by atoms with Crippen molar-refractivity contribution in [1.82, 2.24) is 25.6 Å². The molecule has 5 nitrogen and oxygen atoms in total. The predicted molar refractivity (Wildman–Crippen MR) is 145 cm³/mol. The van der Waals surface area contributed by atoms with E-state index in [1.165, 1.54) is 22.3 Å². The normalized spacial score (nSPS) is 15.4. The third kappa shape index (κ3) is 4.93. The Labute approximate surface area is 204 Å². The van der Waals surface area contributed by atoms with Crippen LogP contribution in [0.25, 0.3) is 11.2 Å². The highest BCUT2D eigenvalue weighted by Gasteiger charge is 2.23. The molecule has 3 rings (SSSR count). The molecule has 1 atom stereocenters. The summed E-state index contributed by atoms with van der Waals surface area (Å²) >= 11 is 0. The Morgan fingerprint density at radius 3 is 2.76 bits per heavy atom. The van der Waals surface area contributed by atoms with E-state index < -0.39 is 0 Å². The Morgan fingerprint density at radius 1 is 1.32 bits per heavy atom. The summed E-state index contributed by atoms with van der Waals surface area (Å²) < 4.78 is 2.05. The molecule has 2 aromatic heterocycles. The van der Waals surface area contributed by atoms with Gasteiger partial charge in [0.2, 0.25) is 0 Å². The standard InChI is InChI=1S/C29H37N5/c1-9-24(14-16-30-11-3)20(5)29-21(6)28(27-13-12-15-32-34(27)29)23(8)31-18-26-22(7)33-19(4)17-25(26)10-2/h9,11-17,20,30-31,33H,3,7-8,10,18H2,1-2,4-6H3/b16-14-,24-9+. The second-order valence-corrected chi connectivity index (χ2v) is 8.54. The molecule has 0 saturated heterocycles. The first-order chi connectivity index (χ1) is 16.3. The number of allylic oxidation sites excluding steroid dienone is 6. The summed E-state index contributed by atoms with van der Waals surface area (Å²) in [5.41, 5.74) is 11.1. The maximum absolute atomic E-state index is 4.70. The molecule has 1 aliphatic rings. The average Bonchev–Trinajstić information content (AvgIpc) is 3.12. The van der Waals surface area contributed by atoms with Gasteiger partial charge in [-0.05, 0) is 80.0 Å². The van der Waals surface area contributed by atoms with Gasteiger partial charge in [-0.15, -0.1) is 0 Å². The zero-order chi connectivity index (χ0) is 24.8. The van der Waals surface area contributed by atoms with E-state index in [-0.39, 0.29) is 5.92 Å². The van der Waals surface area contributed by atoms with Gasteiger partial charge in [0, 0.05) is 47.5 Å². The molecule has 34 heavy (non-hydrogen) atoms. The number of nitrogens with one attached hydrogen (secondary N) is 3. The Kier molecular flexibility index (Phi) is 8.00. The molecule has 5 heteroatoms. The van der Waals surface area contributed by atoms with E-state index in [2.05, 4.69) is 94.6 Å². The molecular formula is C29H37N5. The van der Waals surface area contributed by atoms with Crippen LogP contribution in [0.15, 0.2) is 96.8 Å². The van der Waals surface area contributed by atoms with Crippen molar-refractivity contribution in [2.24, 2.45) is 0 Å². The Hall–Kier alpha value is -3.73. The summed E-state index contributed by atoms with van der Waals surface area (Å²) in [4.78, 5) is 0. The number of hydrogen-bond acceptors (Lipinski definition) is 4. The van der Waals surface area contributed by atoms with E-state index in [9.17, 15) is 0 Å².